The lowest BCUT2D eigenvalue weighted by Crippen LogP contribution is -2.38. The molecule has 2 amide bonds. The summed E-state index contributed by atoms with van der Waals surface area (Å²) in [5.41, 5.74) is 0. The van der Waals surface area contributed by atoms with Gasteiger partial charge in [0, 0.05) is 19.9 Å². The summed E-state index contributed by atoms with van der Waals surface area (Å²) >= 11 is 0. The molecular weight excluding hydrogens is 282 g/mol. The molecule has 1 unspecified atom stereocenters. The van der Waals surface area contributed by atoms with E-state index in [0.717, 1.165) is 18.6 Å². The third-order valence-electron chi connectivity index (χ3n) is 3.65. The second kappa shape index (κ2) is 9.23. The third-order valence-corrected chi connectivity index (χ3v) is 3.65. The number of carbonyl (C=O) groups is 2. The van der Waals surface area contributed by atoms with Gasteiger partial charge in [0.25, 0.3) is 5.91 Å². The summed E-state index contributed by atoms with van der Waals surface area (Å²) in [6, 6.07) is -0.866. The molecule has 1 fully saturated rings. The minimum absolute atomic E-state index is 0.250. The van der Waals surface area contributed by atoms with E-state index in [1.54, 1.807) is 6.20 Å². The van der Waals surface area contributed by atoms with Crippen LogP contribution in [0.15, 0.2) is 10.6 Å². The van der Waals surface area contributed by atoms with Crippen molar-refractivity contribution >= 4 is 11.8 Å². The minimum atomic E-state index is -0.866. The highest BCUT2D eigenvalue weighted by Gasteiger charge is 2.27. The molecule has 1 aliphatic carbocycles. The molecule has 0 spiro atoms. The number of oxazole rings is 1. The monoisotopic (exact) mass is 309 g/mol. The predicted octanol–water partition coefficient (Wildman–Crippen LogP) is 2.67. The van der Waals surface area contributed by atoms with Crippen LogP contribution >= 0.6 is 0 Å². The number of nitrogens with one attached hydrogen (secondary N) is 2. The fourth-order valence-electron chi connectivity index (χ4n) is 2.60. The minimum Gasteiger partial charge on any atom is -0.443 e. The Morgan fingerprint density at radius 3 is 2.45 bits per heavy atom. The number of rotatable bonds is 4. The van der Waals surface area contributed by atoms with E-state index in [0.29, 0.717) is 5.92 Å². The van der Waals surface area contributed by atoms with Crippen LogP contribution in [-0.4, -0.2) is 23.8 Å². The van der Waals surface area contributed by atoms with E-state index in [1.807, 2.05) is 13.8 Å². The van der Waals surface area contributed by atoms with Crippen molar-refractivity contribution < 1.29 is 14.0 Å². The number of amides is 2. The van der Waals surface area contributed by atoms with Gasteiger partial charge >= 0.3 is 0 Å². The van der Waals surface area contributed by atoms with Crippen molar-refractivity contribution in [3.05, 3.63) is 17.8 Å². The van der Waals surface area contributed by atoms with Crippen LogP contribution in [-0.2, 0) is 9.59 Å². The van der Waals surface area contributed by atoms with E-state index in [9.17, 15) is 9.59 Å². The summed E-state index contributed by atoms with van der Waals surface area (Å²) in [4.78, 5) is 27.2. The maximum absolute atomic E-state index is 11.8. The van der Waals surface area contributed by atoms with Crippen LogP contribution in [0.3, 0.4) is 0 Å². The standard InChI is InChI=1S/C14H21N3O3.C2H6/c1-9(18)17-12(13(19)15-2)14-16-8-11(20-14)10-6-4-3-5-7-10;1-2/h8,10,12H,3-7H2,1-2H3,(H,15,19)(H,17,18);1-2H3. The van der Waals surface area contributed by atoms with Crippen molar-refractivity contribution in [3.8, 4) is 0 Å². The van der Waals surface area contributed by atoms with Crippen LogP contribution in [0.5, 0.6) is 0 Å². The summed E-state index contributed by atoms with van der Waals surface area (Å²) in [5.74, 6) is 0.819. The molecule has 0 saturated heterocycles. The molecule has 124 valence electrons. The van der Waals surface area contributed by atoms with E-state index in [4.69, 9.17) is 4.42 Å². The van der Waals surface area contributed by atoms with E-state index in [2.05, 4.69) is 15.6 Å². The molecule has 6 heteroatoms. The highest BCUT2D eigenvalue weighted by molar-refractivity contribution is 5.86. The number of carbonyl (C=O) groups excluding carboxylic acids is 2. The first-order chi connectivity index (χ1) is 10.6. The van der Waals surface area contributed by atoms with E-state index in [-0.39, 0.29) is 17.7 Å². The summed E-state index contributed by atoms with van der Waals surface area (Å²) in [7, 11) is 1.52. The van der Waals surface area contributed by atoms with Gasteiger partial charge in [0.05, 0.1) is 6.20 Å². The molecule has 0 aromatic carbocycles. The average molecular weight is 309 g/mol. The van der Waals surface area contributed by atoms with Crippen LogP contribution < -0.4 is 10.6 Å². The zero-order valence-electron chi connectivity index (χ0n) is 13.9. The molecule has 0 bridgehead atoms. The van der Waals surface area contributed by atoms with Crippen molar-refractivity contribution in [2.75, 3.05) is 7.05 Å². The van der Waals surface area contributed by atoms with Gasteiger partial charge in [-0.1, -0.05) is 33.1 Å². The number of hydrogen-bond donors (Lipinski definition) is 2. The van der Waals surface area contributed by atoms with Crippen molar-refractivity contribution in [1.29, 1.82) is 0 Å². The Morgan fingerprint density at radius 2 is 1.91 bits per heavy atom. The van der Waals surface area contributed by atoms with Crippen LogP contribution in [0.25, 0.3) is 0 Å². The SMILES string of the molecule is CC.CNC(=O)C(NC(C)=O)c1ncc(C2CCCCC2)o1. The van der Waals surface area contributed by atoms with Gasteiger partial charge in [-0.25, -0.2) is 4.98 Å². The maximum atomic E-state index is 11.8. The van der Waals surface area contributed by atoms with Gasteiger partial charge in [0.2, 0.25) is 11.8 Å². The average Bonchev–Trinajstić information content (AvgIpc) is 3.04. The van der Waals surface area contributed by atoms with Crippen molar-refractivity contribution in [3.63, 3.8) is 0 Å². The van der Waals surface area contributed by atoms with Gasteiger partial charge in [-0.15, -0.1) is 0 Å². The van der Waals surface area contributed by atoms with Gasteiger partial charge in [0.15, 0.2) is 6.04 Å². The molecule has 0 radical (unpaired) electrons. The second-order valence-electron chi connectivity index (χ2n) is 5.18. The lowest BCUT2D eigenvalue weighted by molar-refractivity contribution is -0.128. The fraction of sp³-hybridized carbons (Fsp3) is 0.688. The van der Waals surface area contributed by atoms with Crippen molar-refractivity contribution in [2.45, 2.75) is 64.8 Å². The molecule has 1 aliphatic rings. The Balaban J connectivity index is 0.00000116. The van der Waals surface area contributed by atoms with E-state index < -0.39 is 6.04 Å². The van der Waals surface area contributed by atoms with Crippen LogP contribution in [0.4, 0.5) is 0 Å². The van der Waals surface area contributed by atoms with E-state index in [1.165, 1.54) is 33.2 Å². The van der Waals surface area contributed by atoms with Crippen molar-refractivity contribution in [1.82, 2.24) is 15.6 Å². The van der Waals surface area contributed by atoms with Gasteiger partial charge in [0.1, 0.15) is 5.76 Å². The summed E-state index contributed by atoms with van der Waals surface area (Å²) in [6.07, 6.45) is 7.54. The Morgan fingerprint density at radius 1 is 1.27 bits per heavy atom. The molecular formula is C16H27N3O3. The Hall–Kier alpha value is -1.85. The molecule has 1 aromatic heterocycles. The molecule has 1 saturated carbocycles. The van der Waals surface area contributed by atoms with Gasteiger partial charge in [-0.05, 0) is 12.8 Å². The van der Waals surface area contributed by atoms with Crippen molar-refractivity contribution in [2.24, 2.45) is 0 Å². The summed E-state index contributed by atoms with van der Waals surface area (Å²) in [6.45, 7) is 5.36. The van der Waals surface area contributed by atoms with Gasteiger partial charge in [-0.3, -0.25) is 9.59 Å². The number of aromatic nitrogens is 1. The Bertz CT molecular complexity index is 479. The summed E-state index contributed by atoms with van der Waals surface area (Å²) in [5, 5.41) is 5.06. The Kier molecular flexibility index (Phi) is 7.63. The first kappa shape index (κ1) is 18.2. The van der Waals surface area contributed by atoms with E-state index >= 15 is 0 Å². The first-order valence-corrected chi connectivity index (χ1v) is 8.06. The fourth-order valence-corrected chi connectivity index (χ4v) is 2.60. The molecule has 2 N–H and O–H groups in total. The molecule has 6 nitrogen and oxygen atoms in total. The first-order valence-electron chi connectivity index (χ1n) is 8.06. The zero-order valence-corrected chi connectivity index (χ0v) is 13.9. The smallest absolute Gasteiger partial charge is 0.252 e. The maximum Gasteiger partial charge on any atom is 0.252 e. The molecule has 1 aromatic rings. The Labute approximate surface area is 132 Å². The number of hydrogen-bond acceptors (Lipinski definition) is 4. The van der Waals surface area contributed by atoms with Gasteiger partial charge in [-0.2, -0.15) is 0 Å². The van der Waals surface area contributed by atoms with Crippen LogP contribution in [0.2, 0.25) is 0 Å². The molecule has 2 rings (SSSR count). The molecule has 1 heterocycles. The highest BCUT2D eigenvalue weighted by Crippen LogP contribution is 2.33. The number of likely N-dealkylation sites (N-methyl/N-ethyl adjacent to an activating group) is 1. The molecule has 22 heavy (non-hydrogen) atoms. The predicted molar refractivity (Wildman–Crippen MR) is 84.3 cm³/mol. The number of nitrogens with zero attached hydrogens (tertiary/aromatic N) is 1. The normalized spacial score (nSPS) is 16.2. The van der Waals surface area contributed by atoms with Crippen LogP contribution in [0.1, 0.15) is 76.5 Å². The lowest BCUT2D eigenvalue weighted by atomic mass is 9.88. The quantitative estimate of drug-likeness (QED) is 0.895. The lowest BCUT2D eigenvalue weighted by Gasteiger charge is -2.19. The van der Waals surface area contributed by atoms with Crippen LogP contribution in [0, 0.1) is 0 Å². The second-order valence-corrected chi connectivity index (χ2v) is 5.18. The molecule has 1 atom stereocenters. The zero-order chi connectivity index (χ0) is 16.5. The largest absolute Gasteiger partial charge is 0.443 e. The summed E-state index contributed by atoms with van der Waals surface area (Å²) < 4.78 is 5.72. The van der Waals surface area contributed by atoms with Gasteiger partial charge < -0.3 is 15.1 Å². The molecule has 0 aliphatic heterocycles. The highest BCUT2D eigenvalue weighted by atomic mass is 16.4. The topological polar surface area (TPSA) is 84.2 Å². The third kappa shape index (κ3) is 4.86.